The molecule has 0 saturated carbocycles. The summed E-state index contributed by atoms with van der Waals surface area (Å²) in [4.78, 5) is 12.0. The molecule has 0 aliphatic carbocycles. The van der Waals surface area contributed by atoms with Gasteiger partial charge in [-0.25, -0.2) is 4.68 Å². The van der Waals surface area contributed by atoms with Crippen LogP contribution in [0.15, 0.2) is 17.0 Å². The van der Waals surface area contributed by atoms with Crippen LogP contribution >= 0.6 is 23.4 Å². The number of aryl methyl sites for hydroxylation is 1. The third-order valence-corrected chi connectivity index (χ3v) is 4.29. The number of rotatable bonds is 4. The minimum absolute atomic E-state index is 0.0515. The van der Waals surface area contributed by atoms with E-state index in [1.54, 1.807) is 6.92 Å². The second-order valence-corrected chi connectivity index (χ2v) is 5.97. The van der Waals surface area contributed by atoms with Crippen molar-refractivity contribution >= 4 is 35.2 Å². The number of tetrazole rings is 1. The van der Waals surface area contributed by atoms with Crippen LogP contribution in [0.5, 0.6) is 0 Å². The molecule has 6 nitrogen and oxygen atoms in total. The number of alkyl halides is 3. The number of halogens is 4. The number of hydrogen-bond acceptors (Lipinski definition) is 5. The van der Waals surface area contributed by atoms with Crippen molar-refractivity contribution in [2.45, 2.75) is 18.0 Å². The Labute approximate surface area is 138 Å². The molecule has 11 heteroatoms. The van der Waals surface area contributed by atoms with E-state index in [1.165, 1.54) is 11.7 Å². The zero-order chi connectivity index (χ0) is 17.2. The van der Waals surface area contributed by atoms with Crippen molar-refractivity contribution in [3.8, 4) is 0 Å². The molecule has 0 saturated heterocycles. The average Bonchev–Trinajstić information content (AvgIpc) is 2.85. The number of nitrogens with zero attached hydrogens (tertiary/aromatic N) is 4. The van der Waals surface area contributed by atoms with Crippen molar-refractivity contribution in [3.63, 3.8) is 0 Å². The van der Waals surface area contributed by atoms with Crippen molar-refractivity contribution < 1.29 is 18.0 Å². The van der Waals surface area contributed by atoms with Gasteiger partial charge in [-0.3, -0.25) is 10.1 Å². The van der Waals surface area contributed by atoms with Gasteiger partial charge in [0.05, 0.1) is 16.1 Å². The number of nitrogens with one attached hydrogen (secondary N) is 1. The molecule has 2 aromatic rings. The number of amides is 1. The fourth-order valence-electron chi connectivity index (χ4n) is 1.74. The average molecular weight is 366 g/mol. The quantitative estimate of drug-likeness (QED) is 0.842. The molecule has 0 fully saturated rings. The smallest absolute Gasteiger partial charge is 0.289 e. The Morgan fingerprint density at radius 2 is 2.13 bits per heavy atom. The number of thioether (sulfide) groups is 1. The lowest BCUT2D eigenvalue weighted by Crippen LogP contribution is -2.17. The summed E-state index contributed by atoms with van der Waals surface area (Å²) >= 11 is 6.95. The van der Waals surface area contributed by atoms with Crippen molar-refractivity contribution in [1.82, 2.24) is 20.2 Å². The normalized spacial score (nSPS) is 11.6. The summed E-state index contributed by atoms with van der Waals surface area (Å²) in [5, 5.41) is 12.6. The first-order valence-corrected chi connectivity index (χ1v) is 7.68. The third-order valence-electron chi connectivity index (χ3n) is 2.78. The summed E-state index contributed by atoms with van der Waals surface area (Å²) in [5.74, 6) is -0.267. The summed E-state index contributed by atoms with van der Waals surface area (Å²) in [6, 6.07) is 1.87. The Balaban J connectivity index is 2.42. The van der Waals surface area contributed by atoms with Crippen molar-refractivity contribution in [2.24, 2.45) is 7.05 Å². The summed E-state index contributed by atoms with van der Waals surface area (Å²) in [5.41, 5.74) is -0.954. The molecule has 0 aliphatic rings. The zero-order valence-electron chi connectivity index (χ0n) is 12.0. The van der Waals surface area contributed by atoms with Gasteiger partial charge in [-0.15, -0.1) is 11.8 Å². The first kappa shape index (κ1) is 17.5. The SMILES string of the molecule is CCSc1c(C(F)(F)F)ccc(C(=O)Nc2nnnn2C)c1Cl. The molecule has 23 heavy (non-hydrogen) atoms. The van der Waals surface area contributed by atoms with Gasteiger partial charge in [0.1, 0.15) is 0 Å². The summed E-state index contributed by atoms with van der Waals surface area (Å²) in [6.07, 6.45) is -4.55. The molecule has 1 heterocycles. The molecule has 1 aromatic heterocycles. The van der Waals surface area contributed by atoms with Crippen LogP contribution in [0.2, 0.25) is 5.02 Å². The highest BCUT2D eigenvalue weighted by Crippen LogP contribution is 2.41. The molecule has 2 rings (SSSR count). The lowest BCUT2D eigenvalue weighted by atomic mass is 10.1. The molecule has 0 unspecified atom stereocenters. The molecule has 0 bridgehead atoms. The summed E-state index contributed by atoms with van der Waals surface area (Å²) in [7, 11) is 1.50. The van der Waals surface area contributed by atoms with Gasteiger partial charge in [0, 0.05) is 11.9 Å². The van der Waals surface area contributed by atoms with E-state index in [9.17, 15) is 18.0 Å². The van der Waals surface area contributed by atoms with Crippen LogP contribution in [0.1, 0.15) is 22.8 Å². The highest BCUT2D eigenvalue weighted by molar-refractivity contribution is 7.99. The van der Waals surface area contributed by atoms with Crippen molar-refractivity contribution in [3.05, 3.63) is 28.3 Å². The Kier molecular flexibility index (Phi) is 5.15. The Hall–Kier alpha value is -1.81. The largest absolute Gasteiger partial charge is 0.417 e. The van der Waals surface area contributed by atoms with Gasteiger partial charge in [-0.05, 0) is 28.3 Å². The molecular weight excluding hydrogens is 355 g/mol. The first-order valence-electron chi connectivity index (χ1n) is 6.32. The van der Waals surface area contributed by atoms with Crippen LogP contribution in [-0.2, 0) is 13.2 Å². The fourth-order valence-corrected chi connectivity index (χ4v) is 3.02. The van der Waals surface area contributed by atoms with Gasteiger partial charge in [0.2, 0.25) is 5.95 Å². The molecule has 1 amide bonds. The molecular formula is C12H11ClF3N5OS. The number of carbonyl (C=O) groups is 1. The van der Waals surface area contributed by atoms with Gasteiger partial charge in [-0.1, -0.05) is 23.6 Å². The Bertz CT molecular complexity index is 734. The maximum atomic E-state index is 13.0. The van der Waals surface area contributed by atoms with E-state index in [4.69, 9.17) is 11.6 Å². The van der Waals surface area contributed by atoms with Gasteiger partial charge >= 0.3 is 6.18 Å². The van der Waals surface area contributed by atoms with Gasteiger partial charge in [0.25, 0.3) is 5.91 Å². The maximum Gasteiger partial charge on any atom is 0.417 e. The van der Waals surface area contributed by atoms with E-state index < -0.39 is 17.6 Å². The lowest BCUT2D eigenvalue weighted by molar-refractivity contribution is -0.139. The standard InChI is InChI=1S/C12H11ClF3N5OS/c1-3-23-9-7(12(14,15)16)5-4-6(8(9)13)10(22)17-11-18-19-20-21(11)2/h4-5H,3H2,1-2H3,(H,17,18,20,22). The van der Waals surface area contributed by atoms with E-state index in [-0.39, 0.29) is 21.4 Å². The number of anilines is 1. The van der Waals surface area contributed by atoms with E-state index in [0.717, 1.165) is 23.9 Å². The second-order valence-electron chi connectivity index (χ2n) is 4.31. The van der Waals surface area contributed by atoms with Crippen LogP contribution in [0.3, 0.4) is 0 Å². The van der Waals surface area contributed by atoms with Crippen LogP contribution in [0.25, 0.3) is 0 Å². The van der Waals surface area contributed by atoms with E-state index in [0.29, 0.717) is 5.75 Å². The Morgan fingerprint density at radius 3 is 2.65 bits per heavy atom. The molecule has 0 radical (unpaired) electrons. The summed E-state index contributed by atoms with van der Waals surface area (Å²) in [6.45, 7) is 1.69. The number of aromatic nitrogens is 4. The van der Waals surface area contributed by atoms with E-state index >= 15 is 0 Å². The number of hydrogen-bond donors (Lipinski definition) is 1. The monoisotopic (exact) mass is 365 g/mol. The lowest BCUT2D eigenvalue weighted by Gasteiger charge is -2.15. The first-order chi connectivity index (χ1) is 10.8. The highest BCUT2D eigenvalue weighted by atomic mass is 35.5. The predicted octanol–water partition coefficient (Wildman–Crippen LogP) is 3.25. The highest BCUT2D eigenvalue weighted by Gasteiger charge is 2.35. The molecule has 0 aliphatic heterocycles. The molecule has 0 spiro atoms. The van der Waals surface area contributed by atoms with Crippen LogP contribution in [-0.4, -0.2) is 31.9 Å². The molecule has 1 aromatic carbocycles. The minimum atomic E-state index is -4.55. The van der Waals surface area contributed by atoms with Crippen LogP contribution < -0.4 is 5.32 Å². The summed E-state index contributed by atoms with van der Waals surface area (Å²) < 4.78 is 40.3. The maximum absolute atomic E-state index is 13.0. The minimum Gasteiger partial charge on any atom is -0.289 e. The number of benzene rings is 1. The Morgan fingerprint density at radius 1 is 1.43 bits per heavy atom. The van der Waals surface area contributed by atoms with E-state index in [1.807, 2.05) is 0 Å². The van der Waals surface area contributed by atoms with Crippen LogP contribution in [0, 0.1) is 0 Å². The number of carbonyl (C=O) groups excluding carboxylic acids is 1. The molecule has 1 N–H and O–H groups in total. The topological polar surface area (TPSA) is 72.7 Å². The van der Waals surface area contributed by atoms with Gasteiger partial charge < -0.3 is 0 Å². The zero-order valence-corrected chi connectivity index (χ0v) is 13.6. The molecule has 124 valence electrons. The third kappa shape index (κ3) is 3.75. The van der Waals surface area contributed by atoms with Crippen molar-refractivity contribution in [1.29, 1.82) is 0 Å². The fraction of sp³-hybridized carbons (Fsp3) is 0.333. The predicted molar refractivity (Wildman–Crippen MR) is 79.6 cm³/mol. The second kappa shape index (κ2) is 6.75. The van der Waals surface area contributed by atoms with Crippen molar-refractivity contribution in [2.75, 3.05) is 11.1 Å². The van der Waals surface area contributed by atoms with E-state index in [2.05, 4.69) is 20.8 Å². The molecule has 0 atom stereocenters. The van der Waals surface area contributed by atoms with Gasteiger partial charge in [-0.2, -0.15) is 13.2 Å². The van der Waals surface area contributed by atoms with Crippen LogP contribution in [0.4, 0.5) is 19.1 Å². The van der Waals surface area contributed by atoms with Gasteiger partial charge in [0.15, 0.2) is 0 Å².